The molecule has 0 aromatic carbocycles. The van der Waals surface area contributed by atoms with Crippen LogP contribution in [-0.4, -0.2) is 28.5 Å². The van der Waals surface area contributed by atoms with Gasteiger partial charge in [-0.25, -0.2) is 9.69 Å². The quantitative estimate of drug-likeness (QED) is 0.591. The zero-order chi connectivity index (χ0) is 11.9. The van der Waals surface area contributed by atoms with Gasteiger partial charge in [-0.3, -0.25) is 4.79 Å². The lowest BCUT2D eigenvalue weighted by Gasteiger charge is -2.26. The predicted octanol–water partition coefficient (Wildman–Crippen LogP) is 2.10. The molecule has 16 heavy (non-hydrogen) atoms. The van der Waals surface area contributed by atoms with Crippen LogP contribution in [0.15, 0.2) is 12.2 Å². The van der Waals surface area contributed by atoms with Crippen molar-refractivity contribution in [3.8, 4) is 0 Å². The largest absolute Gasteiger partial charge is 0.443 e. The molecule has 1 heterocycles. The highest BCUT2D eigenvalue weighted by Crippen LogP contribution is 2.34. The lowest BCUT2D eigenvalue weighted by atomic mass is 10.0. The van der Waals surface area contributed by atoms with Gasteiger partial charge >= 0.3 is 6.09 Å². The summed E-state index contributed by atoms with van der Waals surface area (Å²) in [6.45, 7) is 5.40. The first-order valence-corrected chi connectivity index (χ1v) is 5.60. The number of allylic oxidation sites excluding steroid dienone is 1. The summed E-state index contributed by atoms with van der Waals surface area (Å²) in [6, 6.07) is -0.0812. The summed E-state index contributed by atoms with van der Waals surface area (Å²) in [7, 11) is 0. The van der Waals surface area contributed by atoms with Crippen molar-refractivity contribution in [3.05, 3.63) is 12.2 Å². The summed E-state index contributed by atoms with van der Waals surface area (Å²) in [4.78, 5) is 24.8. The molecule has 1 aliphatic heterocycles. The molecule has 1 aliphatic carbocycles. The van der Waals surface area contributed by atoms with E-state index in [0.717, 1.165) is 6.42 Å². The molecule has 2 rings (SSSR count). The van der Waals surface area contributed by atoms with Gasteiger partial charge in [-0.15, -0.1) is 0 Å². The van der Waals surface area contributed by atoms with E-state index in [0.29, 0.717) is 6.42 Å². The Hall–Kier alpha value is -1.32. The molecular weight excluding hydrogens is 206 g/mol. The Balaban J connectivity index is 2.11. The highest BCUT2D eigenvalue weighted by Gasteiger charge is 2.44. The van der Waals surface area contributed by atoms with Crippen molar-refractivity contribution < 1.29 is 14.3 Å². The molecule has 0 spiro atoms. The van der Waals surface area contributed by atoms with E-state index < -0.39 is 11.7 Å². The van der Waals surface area contributed by atoms with E-state index in [2.05, 4.69) is 0 Å². The van der Waals surface area contributed by atoms with Crippen LogP contribution in [-0.2, 0) is 9.53 Å². The summed E-state index contributed by atoms with van der Waals surface area (Å²) in [6.07, 6.45) is 4.78. The molecule has 0 aromatic heterocycles. The summed E-state index contributed by atoms with van der Waals surface area (Å²) >= 11 is 0. The van der Waals surface area contributed by atoms with E-state index in [9.17, 15) is 9.59 Å². The lowest BCUT2D eigenvalue weighted by molar-refractivity contribution is -0.127. The van der Waals surface area contributed by atoms with Gasteiger partial charge in [0.05, 0.1) is 6.04 Å². The van der Waals surface area contributed by atoms with Crippen molar-refractivity contribution in [3.63, 3.8) is 0 Å². The molecule has 1 saturated heterocycles. The highest BCUT2D eigenvalue weighted by atomic mass is 16.6. The van der Waals surface area contributed by atoms with E-state index in [4.69, 9.17) is 4.74 Å². The number of carbonyl (C=O) groups is 2. The van der Waals surface area contributed by atoms with Crippen LogP contribution in [0.3, 0.4) is 0 Å². The van der Waals surface area contributed by atoms with Crippen LogP contribution in [0.2, 0.25) is 0 Å². The van der Waals surface area contributed by atoms with Crippen molar-refractivity contribution in [2.24, 2.45) is 5.92 Å². The minimum absolute atomic E-state index is 0.0812. The van der Waals surface area contributed by atoms with Crippen LogP contribution in [0, 0.1) is 5.92 Å². The first kappa shape index (κ1) is 11.2. The number of imide groups is 1. The van der Waals surface area contributed by atoms with Gasteiger partial charge in [0.15, 0.2) is 0 Å². The predicted molar refractivity (Wildman–Crippen MR) is 58.7 cm³/mol. The normalized spacial score (nSPS) is 28.4. The second-order valence-electron chi connectivity index (χ2n) is 5.36. The molecule has 2 amide bonds. The van der Waals surface area contributed by atoms with Gasteiger partial charge in [-0.1, -0.05) is 12.2 Å². The van der Waals surface area contributed by atoms with Gasteiger partial charge in [0.25, 0.3) is 0 Å². The maximum Gasteiger partial charge on any atom is 0.417 e. The molecule has 1 fully saturated rings. The Bertz CT molecular complexity index is 354. The number of rotatable bonds is 0. The molecule has 2 unspecified atom stereocenters. The van der Waals surface area contributed by atoms with E-state index in [1.807, 2.05) is 12.2 Å². The molecule has 0 radical (unpaired) electrons. The minimum atomic E-state index is -0.558. The molecular formula is C12H17NO3. The summed E-state index contributed by atoms with van der Waals surface area (Å²) < 4.78 is 5.23. The van der Waals surface area contributed by atoms with E-state index in [-0.39, 0.29) is 17.9 Å². The molecule has 2 aliphatic rings. The first-order valence-electron chi connectivity index (χ1n) is 5.60. The molecule has 88 valence electrons. The standard InChI is InChI=1S/C12H17NO3/c1-12(2,3)16-11(15)13-9-6-4-5-8(9)7-10(13)14/h4,6,8-9H,5,7H2,1-3H3. The number of amides is 2. The number of fused-ring (bicyclic) bond motifs is 1. The zero-order valence-corrected chi connectivity index (χ0v) is 9.90. The van der Waals surface area contributed by atoms with E-state index in [1.165, 1.54) is 4.90 Å². The smallest absolute Gasteiger partial charge is 0.417 e. The van der Waals surface area contributed by atoms with Gasteiger partial charge in [-0.2, -0.15) is 0 Å². The highest BCUT2D eigenvalue weighted by molar-refractivity contribution is 5.95. The molecule has 0 aromatic rings. The fraction of sp³-hybridized carbons (Fsp3) is 0.667. The second-order valence-corrected chi connectivity index (χ2v) is 5.36. The topological polar surface area (TPSA) is 46.6 Å². The van der Waals surface area contributed by atoms with Crippen molar-refractivity contribution in [1.82, 2.24) is 4.90 Å². The Morgan fingerprint density at radius 3 is 2.81 bits per heavy atom. The molecule has 4 nitrogen and oxygen atoms in total. The Morgan fingerprint density at radius 1 is 1.50 bits per heavy atom. The number of hydrogen-bond donors (Lipinski definition) is 0. The second kappa shape index (κ2) is 3.61. The number of likely N-dealkylation sites (tertiary alicyclic amines) is 1. The van der Waals surface area contributed by atoms with Crippen LogP contribution < -0.4 is 0 Å². The maximum absolute atomic E-state index is 11.9. The van der Waals surface area contributed by atoms with Crippen LogP contribution in [0.4, 0.5) is 4.79 Å². The van der Waals surface area contributed by atoms with E-state index in [1.54, 1.807) is 20.8 Å². The third-order valence-corrected chi connectivity index (χ3v) is 2.85. The van der Waals surface area contributed by atoms with Crippen LogP contribution >= 0.6 is 0 Å². The average Bonchev–Trinajstić information content (AvgIpc) is 2.58. The zero-order valence-electron chi connectivity index (χ0n) is 9.90. The van der Waals surface area contributed by atoms with Crippen LogP contribution in [0.1, 0.15) is 33.6 Å². The van der Waals surface area contributed by atoms with Crippen molar-refractivity contribution in [2.45, 2.75) is 45.3 Å². The van der Waals surface area contributed by atoms with Crippen molar-refractivity contribution in [1.29, 1.82) is 0 Å². The lowest BCUT2D eigenvalue weighted by Crippen LogP contribution is -2.42. The van der Waals surface area contributed by atoms with Crippen LogP contribution in [0.5, 0.6) is 0 Å². The Morgan fingerprint density at radius 2 is 2.19 bits per heavy atom. The molecule has 0 saturated carbocycles. The van der Waals surface area contributed by atoms with Gasteiger partial charge in [0.2, 0.25) is 5.91 Å². The first-order chi connectivity index (χ1) is 7.38. The Labute approximate surface area is 95.2 Å². The van der Waals surface area contributed by atoms with Crippen molar-refractivity contribution in [2.75, 3.05) is 0 Å². The summed E-state index contributed by atoms with van der Waals surface area (Å²) in [5, 5.41) is 0. The Kier molecular flexibility index (Phi) is 2.52. The van der Waals surface area contributed by atoms with Gasteiger partial charge in [-0.05, 0) is 33.1 Å². The monoisotopic (exact) mass is 223 g/mol. The molecule has 4 heteroatoms. The third kappa shape index (κ3) is 1.96. The SMILES string of the molecule is CC(C)(C)OC(=O)N1C(=O)CC2CC=CC21. The molecule has 0 bridgehead atoms. The van der Waals surface area contributed by atoms with Gasteiger partial charge in [0.1, 0.15) is 5.60 Å². The minimum Gasteiger partial charge on any atom is -0.443 e. The summed E-state index contributed by atoms with van der Waals surface area (Å²) in [5.74, 6) is 0.147. The average molecular weight is 223 g/mol. The van der Waals surface area contributed by atoms with Gasteiger partial charge in [0, 0.05) is 6.42 Å². The fourth-order valence-corrected chi connectivity index (χ4v) is 2.21. The third-order valence-electron chi connectivity index (χ3n) is 2.85. The summed E-state index contributed by atoms with van der Waals surface area (Å²) in [5.41, 5.74) is -0.558. The number of hydrogen-bond acceptors (Lipinski definition) is 3. The van der Waals surface area contributed by atoms with Gasteiger partial charge < -0.3 is 4.74 Å². The number of nitrogens with zero attached hydrogens (tertiary/aromatic N) is 1. The van der Waals surface area contributed by atoms with Crippen molar-refractivity contribution >= 4 is 12.0 Å². The molecule has 2 atom stereocenters. The molecule has 0 N–H and O–H groups in total. The number of ether oxygens (including phenoxy) is 1. The van der Waals surface area contributed by atoms with Crippen LogP contribution in [0.25, 0.3) is 0 Å². The fourth-order valence-electron chi connectivity index (χ4n) is 2.21. The number of carbonyl (C=O) groups excluding carboxylic acids is 2. The van der Waals surface area contributed by atoms with E-state index >= 15 is 0 Å². The maximum atomic E-state index is 11.9.